The number of phenols is 1. The first-order chi connectivity index (χ1) is 16.5. The van der Waals surface area contributed by atoms with Gasteiger partial charge in [0.25, 0.3) is 0 Å². The summed E-state index contributed by atoms with van der Waals surface area (Å²) in [7, 11) is 1.50. The fourth-order valence-corrected chi connectivity index (χ4v) is 4.56. The highest BCUT2D eigenvalue weighted by Gasteiger charge is 2.18. The minimum Gasteiger partial charge on any atom is -0.503 e. The van der Waals surface area contributed by atoms with Crippen LogP contribution in [0.1, 0.15) is 12.8 Å². The third kappa shape index (κ3) is 4.44. The molecule has 174 valence electrons. The summed E-state index contributed by atoms with van der Waals surface area (Å²) in [5, 5.41) is 14.7. The van der Waals surface area contributed by atoms with Crippen LogP contribution in [0.5, 0.6) is 11.5 Å². The molecule has 1 fully saturated rings. The summed E-state index contributed by atoms with van der Waals surface area (Å²) >= 11 is 6.21. The van der Waals surface area contributed by atoms with Crippen molar-refractivity contribution in [3.8, 4) is 22.6 Å². The number of aromatic nitrogens is 2. The Morgan fingerprint density at radius 2 is 2.00 bits per heavy atom. The fourth-order valence-electron chi connectivity index (χ4n) is 4.35. The fraction of sp³-hybridized carbons (Fsp3) is 0.231. The normalized spacial score (nSPS) is 16.0. The second-order valence-corrected chi connectivity index (χ2v) is 8.88. The highest BCUT2D eigenvalue weighted by molar-refractivity contribution is 6.32. The zero-order valence-electron chi connectivity index (χ0n) is 18.8. The van der Waals surface area contributed by atoms with Crippen LogP contribution < -0.4 is 20.7 Å². The number of anilines is 3. The van der Waals surface area contributed by atoms with Gasteiger partial charge in [-0.2, -0.15) is 0 Å². The number of piperidine rings is 1. The topological polar surface area (TPSA) is 96.5 Å². The van der Waals surface area contributed by atoms with E-state index in [-0.39, 0.29) is 16.8 Å². The van der Waals surface area contributed by atoms with Crippen molar-refractivity contribution in [3.63, 3.8) is 0 Å². The van der Waals surface area contributed by atoms with Gasteiger partial charge < -0.3 is 25.8 Å². The van der Waals surface area contributed by atoms with Gasteiger partial charge >= 0.3 is 0 Å². The number of nitrogens with zero attached hydrogens (tertiary/aromatic N) is 3. The number of nitrogens with two attached hydrogens (primary N) is 1. The lowest BCUT2D eigenvalue weighted by atomic mass is 10.0. The largest absolute Gasteiger partial charge is 0.503 e. The van der Waals surface area contributed by atoms with Crippen LogP contribution in [0.2, 0.25) is 5.02 Å². The Balaban J connectivity index is 1.45. The number of benzene rings is 2. The van der Waals surface area contributed by atoms with Crippen molar-refractivity contribution in [1.29, 1.82) is 0 Å². The first-order valence-electron chi connectivity index (χ1n) is 11.2. The summed E-state index contributed by atoms with van der Waals surface area (Å²) in [5.74, 6) is 1.20. The first-order valence-corrected chi connectivity index (χ1v) is 11.6. The molecule has 5 rings (SSSR count). The molecule has 0 bridgehead atoms. The number of ether oxygens (including phenoxy) is 1. The molecule has 0 saturated carbocycles. The number of phenolic OH excluding ortho intramolecular Hbond substituents is 1. The van der Waals surface area contributed by atoms with Gasteiger partial charge in [0.15, 0.2) is 11.5 Å². The molecule has 1 aliphatic rings. The summed E-state index contributed by atoms with van der Waals surface area (Å²) in [4.78, 5) is 11.4. The van der Waals surface area contributed by atoms with E-state index in [2.05, 4.69) is 20.2 Å². The van der Waals surface area contributed by atoms with Crippen molar-refractivity contribution < 1.29 is 9.84 Å². The van der Waals surface area contributed by atoms with Crippen molar-refractivity contribution >= 4 is 39.7 Å². The molecule has 1 aliphatic heterocycles. The lowest BCUT2D eigenvalue weighted by Crippen LogP contribution is -2.43. The molecule has 1 saturated heterocycles. The Bertz CT molecular complexity index is 1330. The van der Waals surface area contributed by atoms with Gasteiger partial charge in [-0.3, -0.25) is 4.98 Å². The SMILES string of the molecule is COc1cc(-c2ccc3nccc(Nc4ccc(N5CCCC(N)C5)nc4)c3c2)cc(Cl)c1O. The van der Waals surface area contributed by atoms with E-state index in [0.717, 1.165) is 65.2 Å². The highest BCUT2D eigenvalue weighted by Crippen LogP contribution is 2.39. The molecule has 1 unspecified atom stereocenters. The Morgan fingerprint density at radius 3 is 2.76 bits per heavy atom. The van der Waals surface area contributed by atoms with Gasteiger partial charge in [-0.05, 0) is 66.4 Å². The van der Waals surface area contributed by atoms with Crippen molar-refractivity contribution in [2.75, 3.05) is 30.4 Å². The number of pyridine rings is 2. The average molecular weight is 476 g/mol. The van der Waals surface area contributed by atoms with Crippen molar-refractivity contribution in [2.24, 2.45) is 5.73 Å². The van der Waals surface area contributed by atoms with Crippen molar-refractivity contribution in [2.45, 2.75) is 18.9 Å². The predicted molar refractivity (Wildman–Crippen MR) is 137 cm³/mol. The first kappa shape index (κ1) is 22.3. The molecule has 4 N–H and O–H groups in total. The van der Waals surface area contributed by atoms with E-state index in [1.165, 1.54) is 7.11 Å². The Morgan fingerprint density at radius 1 is 1.12 bits per heavy atom. The van der Waals surface area contributed by atoms with Crippen LogP contribution in [0.25, 0.3) is 22.0 Å². The van der Waals surface area contributed by atoms with E-state index in [4.69, 9.17) is 22.1 Å². The van der Waals surface area contributed by atoms with Crippen molar-refractivity contribution in [1.82, 2.24) is 9.97 Å². The van der Waals surface area contributed by atoms with Gasteiger partial charge in [-0.15, -0.1) is 0 Å². The van der Waals surface area contributed by atoms with Crippen LogP contribution in [0, 0.1) is 0 Å². The lowest BCUT2D eigenvalue weighted by molar-refractivity contribution is 0.374. The van der Waals surface area contributed by atoms with Gasteiger partial charge in [0.1, 0.15) is 5.82 Å². The molecule has 7 nitrogen and oxygen atoms in total. The number of methoxy groups -OCH3 is 1. The minimum absolute atomic E-state index is 0.0692. The number of halogens is 1. The Kier molecular flexibility index (Phi) is 6.13. The second-order valence-electron chi connectivity index (χ2n) is 8.48. The maximum atomic E-state index is 10.1. The molecular weight excluding hydrogens is 450 g/mol. The van der Waals surface area contributed by atoms with Crippen LogP contribution in [-0.4, -0.2) is 41.3 Å². The number of rotatable bonds is 5. The van der Waals surface area contributed by atoms with Crippen LogP contribution in [-0.2, 0) is 0 Å². The third-order valence-corrected chi connectivity index (χ3v) is 6.42. The molecule has 4 aromatic rings. The summed E-state index contributed by atoms with van der Waals surface area (Å²) in [6.45, 7) is 1.82. The summed E-state index contributed by atoms with van der Waals surface area (Å²) in [6.07, 6.45) is 5.78. The van der Waals surface area contributed by atoms with E-state index < -0.39 is 0 Å². The van der Waals surface area contributed by atoms with Crippen LogP contribution in [0.4, 0.5) is 17.2 Å². The van der Waals surface area contributed by atoms with Crippen LogP contribution >= 0.6 is 11.6 Å². The molecular formula is C26H26ClN5O2. The molecule has 1 atom stereocenters. The average Bonchev–Trinajstić information content (AvgIpc) is 2.86. The number of nitrogens with one attached hydrogen (secondary N) is 1. The van der Waals surface area contributed by atoms with Gasteiger partial charge in [0, 0.05) is 36.4 Å². The molecule has 0 aliphatic carbocycles. The highest BCUT2D eigenvalue weighted by atomic mass is 35.5. The summed E-state index contributed by atoms with van der Waals surface area (Å²) in [6, 6.07) is 15.7. The zero-order chi connectivity index (χ0) is 23.7. The lowest BCUT2D eigenvalue weighted by Gasteiger charge is -2.31. The van der Waals surface area contributed by atoms with Gasteiger partial charge in [0.05, 0.1) is 29.5 Å². The monoisotopic (exact) mass is 475 g/mol. The van der Waals surface area contributed by atoms with E-state index in [1.807, 2.05) is 42.6 Å². The molecule has 3 heterocycles. The van der Waals surface area contributed by atoms with Gasteiger partial charge in [-0.1, -0.05) is 17.7 Å². The maximum Gasteiger partial charge on any atom is 0.176 e. The van der Waals surface area contributed by atoms with E-state index in [0.29, 0.717) is 5.75 Å². The molecule has 0 spiro atoms. The smallest absolute Gasteiger partial charge is 0.176 e. The Hall–Kier alpha value is -3.55. The number of fused-ring (bicyclic) bond motifs is 1. The van der Waals surface area contributed by atoms with Crippen LogP contribution in [0.3, 0.4) is 0 Å². The molecule has 0 amide bonds. The quantitative estimate of drug-likeness (QED) is 0.358. The number of hydrogen-bond donors (Lipinski definition) is 3. The molecule has 2 aromatic carbocycles. The van der Waals surface area contributed by atoms with E-state index >= 15 is 0 Å². The standard InChI is InChI=1S/C26H26ClN5O2/c1-34-24-13-17(12-21(27)26(24)33)16-4-6-22-20(11-16)23(8-9-29-22)31-19-5-7-25(30-14-19)32-10-2-3-18(28)15-32/h4-9,11-14,18,33H,2-3,10,15,28H2,1H3,(H,29,31). The van der Waals surface area contributed by atoms with Crippen LogP contribution in [0.15, 0.2) is 60.9 Å². The molecule has 0 radical (unpaired) electrons. The number of hydrogen-bond acceptors (Lipinski definition) is 7. The minimum atomic E-state index is -0.0692. The second kappa shape index (κ2) is 9.37. The van der Waals surface area contributed by atoms with E-state index in [1.54, 1.807) is 18.3 Å². The summed E-state index contributed by atoms with van der Waals surface area (Å²) in [5.41, 5.74) is 10.5. The zero-order valence-corrected chi connectivity index (χ0v) is 19.6. The number of aromatic hydroxyl groups is 1. The summed E-state index contributed by atoms with van der Waals surface area (Å²) < 4.78 is 5.26. The third-order valence-electron chi connectivity index (χ3n) is 6.13. The van der Waals surface area contributed by atoms with E-state index in [9.17, 15) is 5.11 Å². The molecule has 2 aromatic heterocycles. The predicted octanol–water partition coefficient (Wildman–Crippen LogP) is 5.34. The maximum absolute atomic E-state index is 10.1. The van der Waals surface area contributed by atoms with Gasteiger partial charge in [-0.25, -0.2) is 4.98 Å². The van der Waals surface area contributed by atoms with Gasteiger partial charge in [0.2, 0.25) is 0 Å². The molecule has 34 heavy (non-hydrogen) atoms. The Labute approximate surface area is 203 Å². The molecule has 8 heteroatoms. The van der Waals surface area contributed by atoms with Crippen molar-refractivity contribution in [3.05, 3.63) is 65.9 Å².